The van der Waals surface area contributed by atoms with Gasteiger partial charge in [0.15, 0.2) is 5.75 Å². The number of imidazole rings is 1. The molecule has 2 aliphatic heterocycles. The number of anilines is 1. The Hall–Kier alpha value is -5.72. The molecule has 1 saturated carbocycles. The quantitative estimate of drug-likeness (QED) is 0.128. The summed E-state index contributed by atoms with van der Waals surface area (Å²) in [5.41, 5.74) is 0.0887. The summed E-state index contributed by atoms with van der Waals surface area (Å²) in [6, 6.07) is 10.0. The van der Waals surface area contributed by atoms with Gasteiger partial charge in [-0.25, -0.2) is 9.78 Å². The minimum Gasteiger partial charge on any atom is -0.403 e. The van der Waals surface area contributed by atoms with E-state index in [2.05, 4.69) is 36.4 Å². The molecule has 1 atom stereocenters. The van der Waals surface area contributed by atoms with Gasteiger partial charge >= 0.3 is 18.2 Å². The number of aromatic nitrogens is 5. The Kier molecular flexibility index (Phi) is 10.5. The molecule has 1 unspecified atom stereocenters. The Morgan fingerprint density at radius 3 is 2.36 bits per heavy atom. The van der Waals surface area contributed by atoms with Crippen molar-refractivity contribution in [1.29, 1.82) is 0 Å². The fraction of sp³-hybridized carbons (Fsp3) is 0.450. The van der Waals surface area contributed by atoms with Crippen LogP contribution in [0.3, 0.4) is 0 Å². The van der Waals surface area contributed by atoms with E-state index in [1.807, 2.05) is 12.1 Å². The lowest BCUT2D eigenvalue weighted by molar-refractivity contribution is -0.274. The zero-order valence-corrected chi connectivity index (χ0v) is 31.8. The van der Waals surface area contributed by atoms with Gasteiger partial charge < -0.3 is 15.0 Å². The Balaban J connectivity index is 0.900. The van der Waals surface area contributed by atoms with Crippen LogP contribution in [0.5, 0.6) is 5.75 Å². The van der Waals surface area contributed by atoms with Crippen LogP contribution in [0, 0.1) is 5.92 Å². The van der Waals surface area contributed by atoms with Crippen molar-refractivity contribution in [3.63, 3.8) is 0 Å². The highest BCUT2D eigenvalue weighted by Gasteiger charge is 2.36. The number of alkyl halides is 6. The predicted octanol–water partition coefficient (Wildman–Crippen LogP) is 6.84. The van der Waals surface area contributed by atoms with Crippen LogP contribution in [-0.4, -0.2) is 72.5 Å². The molecule has 3 amide bonds. The van der Waals surface area contributed by atoms with E-state index in [4.69, 9.17) is 0 Å². The van der Waals surface area contributed by atoms with Crippen LogP contribution in [0.1, 0.15) is 91.1 Å². The molecule has 5 heterocycles. The molecule has 0 bridgehead atoms. The van der Waals surface area contributed by atoms with Gasteiger partial charge in [0, 0.05) is 37.7 Å². The highest BCUT2D eigenvalue weighted by atomic mass is 19.4. The van der Waals surface area contributed by atoms with E-state index in [-0.39, 0.29) is 41.9 Å². The number of piperidine rings is 2. The molecule has 2 saturated heterocycles. The van der Waals surface area contributed by atoms with E-state index in [0.717, 1.165) is 87.4 Å². The molecule has 3 aromatic heterocycles. The third kappa shape index (κ3) is 8.29. The Labute approximate surface area is 332 Å². The number of nitrogens with one attached hydrogen (secondary N) is 2. The van der Waals surface area contributed by atoms with Gasteiger partial charge in [-0.1, -0.05) is 18.2 Å². The molecule has 13 nitrogen and oxygen atoms in total. The van der Waals surface area contributed by atoms with Gasteiger partial charge in [0.1, 0.15) is 17.4 Å². The summed E-state index contributed by atoms with van der Waals surface area (Å²) in [5.74, 6) is -2.08. The zero-order chi connectivity index (χ0) is 41.8. The molecular weight excluding hydrogens is 786 g/mol. The number of halogens is 6. The number of nitrogens with zero attached hydrogens (tertiary/aromatic N) is 6. The van der Waals surface area contributed by atoms with Crippen molar-refractivity contribution in [2.24, 2.45) is 13.0 Å². The number of amides is 3. The lowest BCUT2D eigenvalue weighted by Gasteiger charge is -2.37. The summed E-state index contributed by atoms with van der Waals surface area (Å²) < 4.78 is 88.7. The number of pyridine rings is 1. The van der Waals surface area contributed by atoms with Gasteiger partial charge in [-0.3, -0.25) is 33.5 Å². The van der Waals surface area contributed by atoms with Crippen molar-refractivity contribution in [2.75, 3.05) is 25.0 Å². The summed E-state index contributed by atoms with van der Waals surface area (Å²) in [6.07, 6.45) is -2.67. The topological polar surface area (TPSA) is 145 Å². The first-order chi connectivity index (χ1) is 28.0. The maximum absolute atomic E-state index is 13.4. The first-order valence-corrected chi connectivity index (χ1v) is 19.4. The van der Waals surface area contributed by atoms with Crippen LogP contribution < -0.4 is 21.1 Å². The average Bonchev–Trinajstić information content (AvgIpc) is 3.71. The van der Waals surface area contributed by atoms with Crippen molar-refractivity contribution in [3.8, 4) is 5.75 Å². The van der Waals surface area contributed by atoms with Gasteiger partial charge in [0.2, 0.25) is 11.8 Å². The summed E-state index contributed by atoms with van der Waals surface area (Å²) >= 11 is 0. The van der Waals surface area contributed by atoms with Crippen molar-refractivity contribution in [2.45, 2.75) is 81.9 Å². The number of fused-ring (bicyclic) bond motifs is 2. The largest absolute Gasteiger partial charge is 0.573 e. The molecule has 2 N–H and O–H groups in total. The maximum Gasteiger partial charge on any atom is 0.573 e. The zero-order valence-electron chi connectivity index (χ0n) is 31.8. The molecule has 2 aromatic carbocycles. The third-order valence-electron chi connectivity index (χ3n) is 11.8. The smallest absolute Gasteiger partial charge is 0.403 e. The first-order valence-electron chi connectivity index (χ1n) is 19.4. The lowest BCUT2D eigenvalue weighted by atomic mass is 9.84. The number of para-hydroxylation sites is 1. The Bertz CT molecular complexity index is 2490. The monoisotopic (exact) mass is 826 g/mol. The lowest BCUT2D eigenvalue weighted by Crippen LogP contribution is -2.44. The second kappa shape index (κ2) is 15.5. The molecule has 0 radical (unpaired) electrons. The summed E-state index contributed by atoms with van der Waals surface area (Å²) in [5, 5.41) is 9.52. The molecule has 3 fully saturated rings. The van der Waals surface area contributed by atoms with Gasteiger partial charge in [-0.15, -0.1) is 13.2 Å². The maximum atomic E-state index is 13.4. The fourth-order valence-corrected chi connectivity index (χ4v) is 8.88. The Morgan fingerprint density at radius 1 is 0.932 bits per heavy atom. The van der Waals surface area contributed by atoms with Crippen molar-refractivity contribution >= 4 is 45.3 Å². The standard InChI is InChI=1S/C40H40F6N8O5/c1-51-35-26(4-2-6-30(35)54(38(51)58)31-12-13-34(55)49-37(31)57)23-14-16-52(17-15-23)20-22-8-10-25(11-9-22)53-21-24-18-29(32(19-28(24)50-53)59-40(44,45)46)48-36(56)27-5-3-7-33(47-27)39(41,42)43/h2-7,18-19,21-23,25,31H,8-17,20H2,1H3,(H,48,56)(H,49,55,57). The van der Waals surface area contributed by atoms with Crippen LogP contribution in [0.25, 0.3) is 21.9 Å². The second-order valence-electron chi connectivity index (χ2n) is 15.6. The molecule has 312 valence electrons. The average molecular weight is 827 g/mol. The van der Waals surface area contributed by atoms with E-state index in [9.17, 15) is 45.5 Å². The molecule has 0 spiro atoms. The summed E-state index contributed by atoms with van der Waals surface area (Å²) in [6.45, 7) is 2.66. The Morgan fingerprint density at radius 2 is 1.66 bits per heavy atom. The minimum atomic E-state index is -5.13. The van der Waals surface area contributed by atoms with E-state index in [1.165, 1.54) is 10.6 Å². The van der Waals surface area contributed by atoms with Crippen LogP contribution in [0.4, 0.5) is 32.0 Å². The number of carbonyl (C=O) groups excluding carboxylic acids is 3. The fourth-order valence-electron chi connectivity index (χ4n) is 8.88. The van der Waals surface area contributed by atoms with Gasteiger partial charge in [0.25, 0.3) is 5.91 Å². The van der Waals surface area contributed by atoms with E-state index < -0.39 is 53.2 Å². The molecule has 5 aromatic rings. The van der Waals surface area contributed by atoms with Gasteiger partial charge in [-0.05, 0) is 99.7 Å². The third-order valence-corrected chi connectivity index (χ3v) is 11.8. The van der Waals surface area contributed by atoms with Crippen LogP contribution >= 0.6 is 0 Å². The van der Waals surface area contributed by atoms with Crippen LogP contribution in [-0.2, 0) is 22.8 Å². The number of carbonyl (C=O) groups is 3. The highest BCUT2D eigenvalue weighted by molar-refractivity contribution is 6.05. The number of likely N-dealkylation sites (tertiary alicyclic amines) is 1. The van der Waals surface area contributed by atoms with Crippen molar-refractivity contribution in [3.05, 3.63) is 82.2 Å². The minimum absolute atomic E-state index is 0.0247. The molecule has 19 heteroatoms. The highest BCUT2D eigenvalue weighted by Crippen LogP contribution is 2.39. The van der Waals surface area contributed by atoms with E-state index in [1.54, 1.807) is 22.5 Å². The number of hydrogen-bond donors (Lipinski definition) is 2. The number of aryl methyl sites for hydroxylation is 1. The number of imide groups is 1. The second-order valence-corrected chi connectivity index (χ2v) is 15.6. The molecule has 3 aliphatic rings. The number of hydrogen-bond acceptors (Lipinski definition) is 8. The molecule has 8 rings (SSSR count). The SMILES string of the molecule is Cn1c(=O)n(C2CCC(=O)NC2=O)c2cccc(C3CCN(CC4CCC(n5cc6cc(NC(=O)c7cccc(C(F)(F)F)n7)c(OC(F)(F)F)cc6n5)CC4)CC3)c21. The van der Waals surface area contributed by atoms with Crippen LogP contribution in [0.2, 0.25) is 0 Å². The van der Waals surface area contributed by atoms with Crippen molar-refractivity contribution in [1.82, 2.24) is 34.1 Å². The number of rotatable bonds is 8. The molecular formula is C40H40F6N8O5. The summed E-state index contributed by atoms with van der Waals surface area (Å²) in [4.78, 5) is 56.5. The molecule has 1 aliphatic carbocycles. The number of ether oxygens (including phenoxy) is 1. The van der Waals surface area contributed by atoms with Gasteiger partial charge in [-0.2, -0.15) is 18.3 Å². The normalized spacial score (nSPS) is 21.2. The predicted molar refractivity (Wildman–Crippen MR) is 202 cm³/mol. The van der Waals surface area contributed by atoms with Crippen molar-refractivity contribution < 1.29 is 45.5 Å². The van der Waals surface area contributed by atoms with Crippen LogP contribution in [0.15, 0.2) is 59.5 Å². The van der Waals surface area contributed by atoms with E-state index >= 15 is 0 Å². The summed E-state index contributed by atoms with van der Waals surface area (Å²) in [7, 11) is 1.72. The van der Waals surface area contributed by atoms with Gasteiger partial charge in [0.05, 0.1) is 28.3 Å². The van der Waals surface area contributed by atoms with E-state index in [0.29, 0.717) is 22.9 Å². The number of benzene rings is 2. The molecule has 59 heavy (non-hydrogen) atoms. The first kappa shape index (κ1) is 40.1.